The van der Waals surface area contributed by atoms with E-state index in [1.807, 2.05) is 0 Å². The standard InChI is InChI=1S/C5H16N4O4/c6-3(12)4(1-10,2-11)5(7,8)13-9/h3,10-12H,1-2,6-9H2. The SMILES string of the molecule is NOC(N)(N)C(CO)(CO)C(N)O. The molecule has 0 aromatic heterocycles. The van der Waals surface area contributed by atoms with Gasteiger partial charge in [-0.05, 0) is 0 Å². The molecule has 0 spiro atoms. The first-order valence-corrected chi connectivity index (χ1v) is 3.49. The highest BCUT2D eigenvalue weighted by Crippen LogP contribution is 2.27. The van der Waals surface area contributed by atoms with Gasteiger partial charge in [0, 0.05) is 0 Å². The summed E-state index contributed by atoms with van der Waals surface area (Å²) in [5, 5.41) is 26.9. The predicted octanol–water partition coefficient (Wildman–Crippen LogP) is -4.30. The van der Waals surface area contributed by atoms with Crippen LogP contribution in [0.5, 0.6) is 0 Å². The Morgan fingerprint density at radius 2 is 1.62 bits per heavy atom. The molecule has 0 fully saturated rings. The van der Waals surface area contributed by atoms with E-state index in [0.29, 0.717) is 0 Å². The lowest BCUT2D eigenvalue weighted by Gasteiger charge is -2.42. The first kappa shape index (κ1) is 12.7. The molecule has 0 saturated carbocycles. The molecule has 1 atom stereocenters. The summed E-state index contributed by atoms with van der Waals surface area (Å²) in [6, 6.07) is 0. The van der Waals surface area contributed by atoms with Crippen LogP contribution >= 0.6 is 0 Å². The molecule has 80 valence electrons. The van der Waals surface area contributed by atoms with Gasteiger partial charge in [0.15, 0.2) is 0 Å². The second kappa shape index (κ2) is 4.26. The van der Waals surface area contributed by atoms with Gasteiger partial charge in [-0.3, -0.25) is 16.3 Å². The third-order valence-electron chi connectivity index (χ3n) is 2.10. The summed E-state index contributed by atoms with van der Waals surface area (Å²) < 4.78 is 0. The maximum atomic E-state index is 9.09. The van der Waals surface area contributed by atoms with Crippen LogP contribution in [0.1, 0.15) is 0 Å². The molecule has 8 heteroatoms. The minimum atomic E-state index is -2.12. The Morgan fingerprint density at radius 3 is 1.69 bits per heavy atom. The lowest BCUT2D eigenvalue weighted by molar-refractivity contribution is -0.206. The van der Waals surface area contributed by atoms with Gasteiger partial charge in [0.25, 0.3) is 0 Å². The maximum Gasteiger partial charge on any atom is 0.202 e. The van der Waals surface area contributed by atoms with Crippen molar-refractivity contribution in [2.75, 3.05) is 13.2 Å². The zero-order valence-electron chi connectivity index (χ0n) is 7.05. The molecule has 0 aliphatic carbocycles. The van der Waals surface area contributed by atoms with E-state index in [1.165, 1.54) is 0 Å². The van der Waals surface area contributed by atoms with Gasteiger partial charge in [-0.2, -0.15) is 0 Å². The highest BCUT2D eigenvalue weighted by atomic mass is 16.7. The van der Waals surface area contributed by atoms with Gasteiger partial charge in [-0.1, -0.05) is 0 Å². The summed E-state index contributed by atoms with van der Waals surface area (Å²) >= 11 is 0. The zero-order valence-corrected chi connectivity index (χ0v) is 7.05. The van der Waals surface area contributed by atoms with Crippen LogP contribution in [0.4, 0.5) is 0 Å². The first-order chi connectivity index (χ1) is 5.88. The van der Waals surface area contributed by atoms with Gasteiger partial charge in [-0.25, -0.2) is 5.90 Å². The van der Waals surface area contributed by atoms with Gasteiger partial charge in [0.1, 0.15) is 11.6 Å². The molecule has 11 N–H and O–H groups in total. The van der Waals surface area contributed by atoms with Crippen molar-refractivity contribution in [3.05, 3.63) is 0 Å². The van der Waals surface area contributed by atoms with E-state index in [9.17, 15) is 0 Å². The fourth-order valence-corrected chi connectivity index (χ4v) is 0.833. The van der Waals surface area contributed by atoms with Crippen molar-refractivity contribution in [3.63, 3.8) is 0 Å². The Balaban J connectivity index is 4.97. The predicted molar refractivity (Wildman–Crippen MR) is 43.2 cm³/mol. The molecular weight excluding hydrogens is 180 g/mol. The number of nitrogens with two attached hydrogens (primary N) is 4. The molecule has 0 bridgehead atoms. The second-order valence-corrected chi connectivity index (χ2v) is 2.83. The normalized spacial score (nSPS) is 15.9. The van der Waals surface area contributed by atoms with E-state index >= 15 is 0 Å². The van der Waals surface area contributed by atoms with Crippen LogP contribution in [0.2, 0.25) is 0 Å². The molecular formula is C5H16N4O4. The molecule has 0 amide bonds. The summed E-state index contributed by atoms with van der Waals surface area (Å²) in [6.07, 6.45) is -1.67. The zero-order chi connectivity index (χ0) is 10.7. The summed E-state index contributed by atoms with van der Waals surface area (Å²) in [4.78, 5) is 4.14. The smallest absolute Gasteiger partial charge is 0.202 e. The van der Waals surface area contributed by atoms with Crippen LogP contribution in [0.25, 0.3) is 0 Å². The van der Waals surface area contributed by atoms with E-state index in [2.05, 4.69) is 4.84 Å². The highest BCUT2D eigenvalue weighted by molar-refractivity contribution is 4.95. The van der Waals surface area contributed by atoms with E-state index in [-0.39, 0.29) is 0 Å². The Morgan fingerprint density at radius 1 is 1.23 bits per heavy atom. The van der Waals surface area contributed by atoms with Crippen molar-refractivity contribution in [3.8, 4) is 0 Å². The topological polar surface area (TPSA) is 174 Å². The minimum Gasteiger partial charge on any atom is -0.395 e. The molecule has 8 nitrogen and oxygen atoms in total. The van der Waals surface area contributed by atoms with Crippen LogP contribution in [0.15, 0.2) is 0 Å². The van der Waals surface area contributed by atoms with Crippen LogP contribution in [0, 0.1) is 5.41 Å². The summed E-state index contributed by atoms with van der Waals surface area (Å²) in [6.45, 7) is -1.54. The van der Waals surface area contributed by atoms with Gasteiger partial charge in [-0.15, -0.1) is 0 Å². The van der Waals surface area contributed by atoms with Crippen molar-refractivity contribution in [2.45, 2.75) is 12.1 Å². The number of aliphatic hydroxyl groups is 3. The Bertz CT molecular complexity index is 159. The maximum absolute atomic E-state index is 9.09. The lowest BCUT2D eigenvalue weighted by Crippen LogP contribution is -2.73. The monoisotopic (exact) mass is 196 g/mol. The summed E-state index contributed by atoms with van der Waals surface area (Å²) in [5.41, 5.74) is 13.9. The molecule has 0 heterocycles. The van der Waals surface area contributed by atoms with E-state index < -0.39 is 30.7 Å². The number of rotatable bonds is 5. The molecule has 13 heavy (non-hydrogen) atoms. The quantitative estimate of drug-likeness (QED) is 0.171. The molecule has 0 radical (unpaired) electrons. The molecule has 0 aliphatic heterocycles. The van der Waals surface area contributed by atoms with Crippen LogP contribution in [-0.2, 0) is 4.84 Å². The van der Waals surface area contributed by atoms with Gasteiger partial charge in [0.2, 0.25) is 5.85 Å². The second-order valence-electron chi connectivity index (χ2n) is 2.83. The Kier molecular flexibility index (Phi) is 4.16. The fraction of sp³-hybridized carbons (Fsp3) is 1.00. The Labute approximate surface area is 75.0 Å². The van der Waals surface area contributed by atoms with Gasteiger partial charge < -0.3 is 21.1 Å². The van der Waals surface area contributed by atoms with Crippen LogP contribution < -0.4 is 23.1 Å². The third-order valence-corrected chi connectivity index (χ3v) is 2.10. The molecule has 0 aromatic rings. The molecule has 0 saturated heterocycles. The van der Waals surface area contributed by atoms with E-state index in [0.717, 1.165) is 0 Å². The number of hydrogen-bond acceptors (Lipinski definition) is 8. The van der Waals surface area contributed by atoms with Crippen molar-refractivity contribution in [1.29, 1.82) is 0 Å². The summed E-state index contributed by atoms with van der Waals surface area (Å²) in [5.74, 6) is 2.62. The van der Waals surface area contributed by atoms with E-state index in [4.69, 9.17) is 38.4 Å². The van der Waals surface area contributed by atoms with Gasteiger partial charge >= 0.3 is 0 Å². The average Bonchev–Trinajstić information content (AvgIpc) is 2.06. The minimum absolute atomic E-state index is 0.772. The average molecular weight is 196 g/mol. The molecule has 0 rings (SSSR count). The van der Waals surface area contributed by atoms with E-state index in [1.54, 1.807) is 0 Å². The van der Waals surface area contributed by atoms with Crippen molar-refractivity contribution >= 4 is 0 Å². The fourth-order valence-electron chi connectivity index (χ4n) is 0.833. The highest BCUT2D eigenvalue weighted by Gasteiger charge is 2.51. The third kappa shape index (κ3) is 1.95. The lowest BCUT2D eigenvalue weighted by atomic mass is 9.82. The molecule has 1 unspecified atom stereocenters. The van der Waals surface area contributed by atoms with Gasteiger partial charge in [0.05, 0.1) is 13.2 Å². The Hall–Kier alpha value is -0.320. The number of hydrogen-bond donors (Lipinski definition) is 7. The molecule has 0 aliphatic rings. The largest absolute Gasteiger partial charge is 0.395 e. The van der Waals surface area contributed by atoms with Crippen molar-refractivity contribution in [2.24, 2.45) is 28.5 Å². The molecule has 0 aromatic carbocycles. The van der Waals surface area contributed by atoms with Crippen molar-refractivity contribution in [1.82, 2.24) is 0 Å². The summed E-state index contributed by atoms with van der Waals surface area (Å²) in [7, 11) is 0. The first-order valence-electron chi connectivity index (χ1n) is 3.49. The van der Waals surface area contributed by atoms with Crippen LogP contribution in [0.3, 0.4) is 0 Å². The van der Waals surface area contributed by atoms with Crippen LogP contribution in [-0.4, -0.2) is 40.6 Å². The number of aliphatic hydroxyl groups excluding tert-OH is 3. The van der Waals surface area contributed by atoms with Crippen molar-refractivity contribution < 1.29 is 20.2 Å².